The van der Waals surface area contributed by atoms with E-state index in [1.807, 2.05) is 24.3 Å². The minimum Gasteiger partial charge on any atom is -0.447 e. The number of benzene rings is 2. The Labute approximate surface area is 184 Å². The van der Waals surface area contributed by atoms with Crippen LogP contribution >= 0.6 is 0 Å². The zero-order chi connectivity index (χ0) is 21.7. The van der Waals surface area contributed by atoms with Crippen LogP contribution in [0.2, 0.25) is 0 Å². The second-order valence-corrected chi connectivity index (χ2v) is 8.90. The molecule has 164 valence electrons. The first kappa shape index (κ1) is 21.5. The maximum absolute atomic E-state index is 11.2. The molecule has 3 aliphatic rings. The van der Waals surface area contributed by atoms with Gasteiger partial charge in [0.2, 0.25) is 0 Å². The van der Waals surface area contributed by atoms with E-state index in [4.69, 9.17) is 4.74 Å². The van der Waals surface area contributed by atoms with E-state index in [9.17, 15) is 9.59 Å². The van der Waals surface area contributed by atoms with E-state index in [1.54, 1.807) is 11.9 Å². The quantitative estimate of drug-likeness (QED) is 0.752. The number of nitrogens with one attached hydrogen (secondary N) is 1. The van der Waals surface area contributed by atoms with Crippen LogP contribution in [0.25, 0.3) is 0 Å². The molecule has 6 nitrogen and oxygen atoms in total. The molecule has 31 heavy (non-hydrogen) atoms. The monoisotopic (exact) mass is 421 g/mol. The minimum absolute atomic E-state index is 0.185. The van der Waals surface area contributed by atoms with Crippen LogP contribution in [-0.2, 0) is 22.5 Å². The summed E-state index contributed by atoms with van der Waals surface area (Å²) < 4.78 is 4.94. The van der Waals surface area contributed by atoms with Crippen molar-refractivity contribution in [2.45, 2.75) is 19.0 Å². The lowest BCUT2D eigenvalue weighted by Crippen LogP contribution is -2.58. The Hall–Kier alpha value is -2.70. The number of rotatable bonds is 5. The number of carbonyl (C=O) groups excluding carboxylic acids is 2. The highest BCUT2D eigenvalue weighted by Gasteiger charge is 2.50. The fraction of sp³-hybridized carbons (Fsp3) is 0.440. The standard InChI is InChI=1S/C14H18N2O.C11H13NO2/c17-8-13-7-16(11-14(13)9-15-10-14)6-12-4-2-1-3-5-12;1-12-10(8-14-11(12)13)7-9-5-3-2-4-6-9/h1-5,8,13,15H,6-7,9-11H2;2-6,10H,7-8H2,1H3. The number of carbonyl (C=O) groups is 2. The molecule has 6 heteroatoms. The van der Waals surface area contributed by atoms with Crippen molar-refractivity contribution >= 4 is 12.4 Å². The Morgan fingerprint density at radius 1 is 1.06 bits per heavy atom. The highest BCUT2D eigenvalue weighted by molar-refractivity contribution is 5.69. The molecule has 5 rings (SSSR count). The van der Waals surface area contributed by atoms with Gasteiger partial charge in [0.25, 0.3) is 0 Å². The Balaban J connectivity index is 0.000000152. The van der Waals surface area contributed by atoms with E-state index in [-0.39, 0.29) is 23.5 Å². The molecule has 1 N–H and O–H groups in total. The molecule has 2 aromatic carbocycles. The van der Waals surface area contributed by atoms with E-state index in [0.717, 1.165) is 45.4 Å². The average molecular weight is 422 g/mol. The molecule has 0 aromatic heterocycles. The normalized spacial score (nSPS) is 24.3. The van der Waals surface area contributed by atoms with Gasteiger partial charge in [-0.3, -0.25) is 4.90 Å². The van der Waals surface area contributed by atoms with Crippen molar-refractivity contribution in [1.29, 1.82) is 0 Å². The molecule has 0 saturated carbocycles. The largest absolute Gasteiger partial charge is 0.447 e. The summed E-state index contributed by atoms with van der Waals surface area (Å²) in [6.45, 7) is 5.44. The van der Waals surface area contributed by atoms with Gasteiger partial charge in [-0.25, -0.2) is 4.79 Å². The highest BCUT2D eigenvalue weighted by Crippen LogP contribution is 2.38. The topological polar surface area (TPSA) is 61.9 Å². The molecule has 1 spiro atoms. The number of nitrogens with zero attached hydrogens (tertiary/aromatic N) is 2. The Morgan fingerprint density at radius 2 is 1.71 bits per heavy atom. The van der Waals surface area contributed by atoms with Crippen molar-refractivity contribution in [2.24, 2.45) is 11.3 Å². The molecule has 3 saturated heterocycles. The summed E-state index contributed by atoms with van der Waals surface area (Å²) in [7, 11) is 1.78. The zero-order valence-corrected chi connectivity index (χ0v) is 18.1. The van der Waals surface area contributed by atoms with Crippen LogP contribution in [0.4, 0.5) is 4.79 Å². The van der Waals surface area contributed by atoms with E-state index >= 15 is 0 Å². The second-order valence-electron chi connectivity index (χ2n) is 8.90. The van der Waals surface area contributed by atoms with Crippen molar-refractivity contribution in [3.8, 4) is 0 Å². The fourth-order valence-electron chi connectivity index (χ4n) is 4.68. The number of cyclic esters (lactones) is 1. The number of aldehydes is 1. The molecule has 2 atom stereocenters. The molecule has 3 fully saturated rings. The summed E-state index contributed by atoms with van der Waals surface area (Å²) in [4.78, 5) is 26.3. The van der Waals surface area contributed by atoms with Gasteiger partial charge >= 0.3 is 6.09 Å². The van der Waals surface area contributed by atoms with E-state index in [1.165, 1.54) is 11.1 Å². The summed E-state index contributed by atoms with van der Waals surface area (Å²) >= 11 is 0. The lowest BCUT2D eigenvalue weighted by Gasteiger charge is -2.41. The summed E-state index contributed by atoms with van der Waals surface area (Å²) in [5.74, 6) is 0.215. The van der Waals surface area contributed by atoms with Crippen molar-refractivity contribution in [3.05, 3.63) is 71.8 Å². The highest BCUT2D eigenvalue weighted by atomic mass is 16.6. The van der Waals surface area contributed by atoms with Crippen molar-refractivity contribution in [1.82, 2.24) is 15.1 Å². The van der Waals surface area contributed by atoms with E-state index < -0.39 is 0 Å². The van der Waals surface area contributed by atoms with Gasteiger partial charge in [-0.1, -0.05) is 60.7 Å². The van der Waals surface area contributed by atoms with Gasteiger partial charge in [0.1, 0.15) is 12.9 Å². The van der Waals surface area contributed by atoms with Crippen LogP contribution in [0.5, 0.6) is 0 Å². The predicted molar refractivity (Wildman–Crippen MR) is 120 cm³/mol. The van der Waals surface area contributed by atoms with Gasteiger partial charge in [0.15, 0.2) is 0 Å². The summed E-state index contributed by atoms with van der Waals surface area (Å²) in [5, 5.41) is 3.31. The van der Waals surface area contributed by atoms with Crippen LogP contribution < -0.4 is 5.32 Å². The minimum atomic E-state index is -0.217. The van der Waals surface area contributed by atoms with Gasteiger partial charge in [-0.05, 0) is 17.5 Å². The lowest BCUT2D eigenvalue weighted by molar-refractivity contribution is -0.114. The number of ether oxygens (including phenoxy) is 1. The third-order valence-corrected chi connectivity index (χ3v) is 6.70. The SMILES string of the molecule is CN1C(=O)OCC1Cc1ccccc1.O=CC1CN(Cc2ccccc2)CC12CNC2. The molecular formula is C25H31N3O3. The number of hydrogen-bond donors (Lipinski definition) is 1. The molecule has 2 unspecified atom stereocenters. The van der Waals surface area contributed by atoms with Crippen molar-refractivity contribution in [2.75, 3.05) is 39.8 Å². The van der Waals surface area contributed by atoms with Crippen LogP contribution in [0, 0.1) is 11.3 Å². The number of likely N-dealkylation sites (N-methyl/N-ethyl adjacent to an activating group) is 1. The van der Waals surface area contributed by atoms with Gasteiger partial charge in [0, 0.05) is 51.1 Å². The third kappa shape index (κ3) is 4.97. The molecule has 3 aliphatic heterocycles. The second kappa shape index (κ2) is 9.62. The third-order valence-electron chi connectivity index (χ3n) is 6.70. The van der Waals surface area contributed by atoms with Gasteiger partial charge in [-0.15, -0.1) is 0 Å². The molecule has 0 bridgehead atoms. The molecule has 0 aliphatic carbocycles. The molecular weight excluding hydrogens is 390 g/mol. The molecule has 0 radical (unpaired) electrons. The predicted octanol–water partition coefficient (Wildman–Crippen LogP) is 2.59. The number of amides is 1. The molecule has 2 aromatic rings. The Kier molecular flexibility index (Phi) is 6.68. The van der Waals surface area contributed by atoms with Gasteiger partial charge in [-0.2, -0.15) is 0 Å². The number of likely N-dealkylation sites (tertiary alicyclic amines) is 1. The maximum Gasteiger partial charge on any atom is 0.409 e. The zero-order valence-electron chi connectivity index (χ0n) is 18.1. The van der Waals surface area contributed by atoms with Crippen LogP contribution in [-0.4, -0.2) is 68.1 Å². The first-order valence-corrected chi connectivity index (χ1v) is 11.0. The van der Waals surface area contributed by atoms with Gasteiger partial charge < -0.3 is 19.7 Å². The lowest BCUT2D eigenvalue weighted by atomic mass is 9.74. The number of hydrogen-bond acceptors (Lipinski definition) is 5. The smallest absolute Gasteiger partial charge is 0.409 e. The maximum atomic E-state index is 11.2. The summed E-state index contributed by atoms with van der Waals surface area (Å²) in [6.07, 6.45) is 1.81. The van der Waals surface area contributed by atoms with E-state index in [2.05, 4.69) is 46.6 Å². The first-order chi connectivity index (χ1) is 15.1. The summed E-state index contributed by atoms with van der Waals surface area (Å²) in [6, 6.07) is 20.8. The molecule has 3 heterocycles. The first-order valence-electron chi connectivity index (χ1n) is 11.0. The fourth-order valence-corrected chi connectivity index (χ4v) is 4.68. The van der Waals surface area contributed by atoms with Crippen LogP contribution in [0.15, 0.2) is 60.7 Å². The average Bonchev–Trinajstić information content (AvgIpc) is 3.31. The van der Waals surface area contributed by atoms with Crippen LogP contribution in [0.3, 0.4) is 0 Å². The van der Waals surface area contributed by atoms with Crippen LogP contribution in [0.1, 0.15) is 11.1 Å². The van der Waals surface area contributed by atoms with E-state index in [0.29, 0.717) is 6.61 Å². The summed E-state index contributed by atoms with van der Waals surface area (Å²) in [5.41, 5.74) is 2.81. The Bertz CT molecular complexity index is 870. The van der Waals surface area contributed by atoms with Crippen molar-refractivity contribution < 1.29 is 14.3 Å². The Morgan fingerprint density at radius 3 is 2.19 bits per heavy atom. The van der Waals surface area contributed by atoms with Crippen molar-refractivity contribution in [3.63, 3.8) is 0 Å². The molecule has 1 amide bonds. The van der Waals surface area contributed by atoms with Gasteiger partial charge in [0.05, 0.1) is 6.04 Å².